The van der Waals surface area contributed by atoms with Gasteiger partial charge in [0, 0.05) is 64.7 Å². The lowest BCUT2D eigenvalue weighted by molar-refractivity contribution is -0.401. The highest BCUT2D eigenvalue weighted by atomic mass is 32.2. The zero-order valence-electron chi connectivity index (χ0n) is 31.3. The topological polar surface area (TPSA) is 61.1 Å². The third-order valence-electron chi connectivity index (χ3n) is 10.6. The Morgan fingerprint density at radius 1 is 0.922 bits per heavy atom. The van der Waals surface area contributed by atoms with E-state index in [2.05, 4.69) is 157 Å². The normalized spacial score (nSPS) is 17.0. The Hall–Kier alpha value is -4.01. The van der Waals surface area contributed by atoms with Crippen LogP contribution >= 0.6 is 23.5 Å². The van der Waals surface area contributed by atoms with Crippen LogP contribution < -0.4 is 10.2 Å². The van der Waals surface area contributed by atoms with E-state index in [4.69, 9.17) is 0 Å². The highest BCUT2D eigenvalue weighted by Crippen LogP contribution is 2.47. The number of aromatic nitrogens is 2. The van der Waals surface area contributed by atoms with Crippen molar-refractivity contribution in [3.8, 4) is 0 Å². The molecular weight excluding hydrogens is 667 g/mol. The number of amides is 1. The van der Waals surface area contributed by atoms with Crippen molar-refractivity contribution in [1.82, 2.24) is 14.1 Å². The summed E-state index contributed by atoms with van der Waals surface area (Å²) in [4.78, 5) is 16.5. The predicted octanol–water partition coefficient (Wildman–Crippen LogP) is 9.69. The summed E-state index contributed by atoms with van der Waals surface area (Å²) in [6, 6.07) is 19.7. The summed E-state index contributed by atoms with van der Waals surface area (Å²) in [6.07, 6.45) is 15.3. The first-order valence-electron chi connectivity index (χ1n) is 18.4. The van der Waals surface area contributed by atoms with Gasteiger partial charge in [-0.1, -0.05) is 82.3 Å². The van der Waals surface area contributed by atoms with Crippen LogP contribution in [-0.2, 0) is 28.5 Å². The summed E-state index contributed by atoms with van der Waals surface area (Å²) in [7, 11) is 2.16. The van der Waals surface area contributed by atoms with Crippen LogP contribution in [0.1, 0.15) is 83.1 Å². The van der Waals surface area contributed by atoms with Crippen LogP contribution in [0.4, 0.5) is 11.4 Å². The number of nitrogens with zero attached hydrogens (tertiary/aromatic N) is 4. The van der Waals surface area contributed by atoms with E-state index in [0.29, 0.717) is 13.0 Å². The van der Waals surface area contributed by atoms with Crippen LogP contribution in [0.3, 0.4) is 0 Å². The number of allylic oxidation sites excluding steroid dienone is 6. The van der Waals surface area contributed by atoms with Gasteiger partial charge in [0.15, 0.2) is 5.71 Å². The van der Waals surface area contributed by atoms with Gasteiger partial charge in [0.05, 0.1) is 17.1 Å². The van der Waals surface area contributed by atoms with Crippen LogP contribution in [0.5, 0.6) is 0 Å². The minimum Gasteiger partial charge on any atom is -0.356 e. The molecule has 266 valence electrons. The molecular formula is C43H52N5OS2+. The Morgan fingerprint density at radius 2 is 1.67 bits per heavy atom. The molecule has 0 atom stereocenters. The number of aryl methyl sites for hydroxylation is 2. The largest absolute Gasteiger partial charge is 0.356 e. The molecule has 2 aliphatic rings. The molecule has 0 bridgehead atoms. The summed E-state index contributed by atoms with van der Waals surface area (Å²) in [5, 5.41) is 3.17. The number of unbranched alkanes of at least 4 members (excludes halogenated alkanes) is 1. The summed E-state index contributed by atoms with van der Waals surface area (Å²) >= 11 is 3.05. The molecule has 0 saturated heterocycles. The van der Waals surface area contributed by atoms with Gasteiger partial charge in [0.1, 0.15) is 18.1 Å². The molecule has 1 amide bonds. The Labute approximate surface area is 312 Å². The van der Waals surface area contributed by atoms with E-state index in [1.54, 1.807) is 11.8 Å². The van der Waals surface area contributed by atoms with E-state index in [-0.39, 0.29) is 16.7 Å². The van der Waals surface area contributed by atoms with Gasteiger partial charge in [0.25, 0.3) is 0 Å². The molecule has 0 unspecified atom stereocenters. The van der Waals surface area contributed by atoms with Crippen LogP contribution in [0.2, 0.25) is 0 Å². The van der Waals surface area contributed by atoms with Gasteiger partial charge in [-0.05, 0) is 74.4 Å². The maximum atomic E-state index is 12.8. The molecule has 0 saturated carbocycles. The number of fused-ring (bicyclic) bond motifs is 3. The third-order valence-corrected chi connectivity index (χ3v) is 12.2. The van der Waals surface area contributed by atoms with E-state index in [1.807, 2.05) is 0 Å². The van der Waals surface area contributed by atoms with Crippen molar-refractivity contribution in [2.24, 2.45) is 0 Å². The number of nitrogens with one attached hydrogen (secondary N) is 1. The fourth-order valence-corrected chi connectivity index (χ4v) is 9.53. The van der Waals surface area contributed by atoms with Crippen molar-refractivity contribution >= 4 is 57.5 Å². The molecule has 2 aliphatic heterocycles. The van der Waals surface area contributed by atoms with Crippen molar-refractivity contribution in [2.75, 3.05) is 30.8 Å². The van der Waals surface area contributed by atoms with E-state index in [0.717, 1.165) is 49.0 Å². The first-order chi connectivity index (χ1) is 24.6. The standard InChI is InChI=1S/C43H51N5OS2/c1-8-30-29-36(31(9-2)41-40(30)45-51-46-41)50-28-25-39(49)44-26-17-18-27-48-35-22-16-14-20-33(35)43(5,6)38(48)24-12-10-11-23-37-42(3,4)32-19-13-15-21-34(32)47(37)7/h10-16,19-24,29H,8-9,17-18,25-28H2,1-7H3/p+1. The molecule has 51 heavy (non-hydrogen) atoms. The number of rotatable bonds is 14. The molecule has 4 aromatic rings. The maximum absolute atomic E-state index is 12.8. The second-order valence-electron chi connectivity index (χ2n) is 14.5. The quantitative estimate of drug-likeness (QED) is 0.0609. The second kappa shape index (κ2) is 15.7. The summed E-state index contributed by atoms with van der Waals surface area (Å²) in [5.41, 5.74) is 12.3. The monoisotopic (exact) mass is 718 g/mol. The fourth-order valence-electron chi connectivity index (χ4n) is 7.77. The van der Waals surface area contributed by atoms with Crippen LogP contribution in [0.25, 0.3) is 11.0 Å². The van der Waals surface area contributed by atoms with E-state index < -0.39 is 0 Å². The Balaban J connectivity index is 1.03. The predicted molar refractivity (Wildman–Crippen MR) is 217 cm³/mol. The zero-order valence-corrected chi connectivity index (χ0v) is 32.9. The lowest BCUT2D eigenvalue weighted by Crippen LogP contribution is -2.28. The molecule has 1 N–H and O–H groups in total. The van der Waals surface area contributed by atoms with Crippen LogP contribution in [0.15, 0.2) is 95.6 Å². The van der Waals surface area contributed by atoms with Crippen molar-refractivity contribution in [1.29, 1.82) is 0 Å². The molecule has 8 heteroatoms. The number of hydrogen-bond acceptors (Lipinski definition) is 6. The van der Waals surface area contributed by atoms with Gasteiger partial charge in [0.2, 0.25) is 11.6 Å². The highest BCUT2D eigenvalue weighted by molar-refractivity contribution is 7.99. The average molecular weight is 719 g/mol. The summed E-state index contributed by atoms with van der Waals surface area (Å²) < 4.78 is 11.4. The SMILES string of the molecule is CCc1cc(SCCC(=O)NCCCCN2/C(=C/C=C/C=C/C3=[N+](C)c4ccccc4C3(C)C)C(C)(C)c3ccccc32)c(CC)c2nsnc12. The van der Waals surface area contributed by atoms with Gasteiger partial charge in [-0.2, -0.15) is 13.3 Å². The van der Waals surface area contributed by atoms with Crippen LogP contribution in [-0.4, -0.2) is 50.8 Å². The van der Waals surface area contributed by atoms with E-state index in [1.165, 1.54) is 61.7 Å². The smallest absolute Gasteiger partial charge is 0.220 e. The van der Waals surface area contributed by atoms with Gasteiger partial charge in [-0.25, -0.2) is 0 Å². The van der Waals surface area contributed by atoms with Crippen molar-refractivity contribution < 1.29 is 9.37 Å². The van der Waals surface area contributed by atoms with Crippen LogP contribution in [0, 0.1) is 0 Å². The molecule has 3 heterocycles. The molecule has 6 nitrogen and oxygen atoms in total. The highest BCUT2D eigenvalue weighted by Gasteiger charge is 2.42. The van der Waals surface area contributed by atoms with Gasteiger partial charge >= 0.3 is 0 Å². The molecule has 0 spiro atoms. The second-order valence-corrected chi connectivity index (χ2v) is 16.2. The Morgan fingerprint density at radius 3 is 2.43 bits per heavy atom. The van der Waals surface area contributed by atoms with Gasteiger partial charge < -0.3 is 10.2 Å². The first-order valence-corrected chi connectivity index (χ1v) is 20.1. The number of carbonyl (C=O) groups is 1. The minimum absolute atomic E-state index is 0.0362. The lowest BCUT2D eigenvalue weighted by Gasteiger charge is -2.27. The average Bonchev–Trinajstić information content (AvgIpc) is 3.75. The number of hydrogen-bond donors (Lipinski definition) is 1. The third kappa shape index (κ3) is 7.36. The number of thioether (sulfide) groups is 1. The Kier molecular flexibility index (Phi) is 11.3. The lowest BCUT2D eigenvalue weighted by atomic mass is 9.81. The van der Waals surface area contributed by atoms with Crippen molar-refractivity contribution in [3.63, 3.8) is 0 Å². The molecule has 0 radical (unpaired) electrons. The Bertz CT molecular complexity index is 2030. The van der Waals surface area contributed by atoms with E-state index >= 15 is 0 Å². The summed E-state index contributed by atoms with van der Waals surface area (Å²) in [5.74, 6) is 0.872. The molecule has 6 rings (SSSR count). The van der Waals surface area contributed by atoms with Gasteiger partial charge in [-0.15, -0.1) is 11.8 Å². The minimum atomic E-state index is -0.101. The number of anilines is 1. The van der Waals surface area contributed by atoms with Gasteiger partial charge in [-0.3, -0.25) is 4.79 Å². The number of carbonyl (C=O) groups excluding carboxylic acids is 1. The molecule has 1 aromatic heterocycles. The summed E-state index contributed by atoms with van der Waals surface area (Å²) in [6.45, 7) is 15.2. The molecule has 0 fully saturated rings. The maximum Gasteiger partial charge on any atom is 0.220 e. The molecule has 3 aromatic carbocycles. The fraction of sp³-hybridized carbons (Fsp3) is 0.395. The zero-order chi connectivity index (χ0) is 36.2. The van der Waals surface area contributed by atoms with E-state index in [9.17, 15) is 4.79 Å². The molecule has 0 aliphatic carbocycles. The van der Waals surface area contributed by atoms with Crippen molar-refractivity contribution in [3.05, 3.63) is 113 Å². The number of benzene rings is 3. The van der Waals surface area contributed by atoms with Crippen molar-refractivity contribution in [2.45, 2.75) is 89.4 Å². The first kappa shape index (κ1) is 36.8. The number of para-hydroxylation sites is 2.